The van der Waals surface area contributed by atoms with Gasteiger partial charge in [-0.3, -0.25) is 4.98 Å². The zero-order chi connectivity index (χ0) is 12.4. The summed E-state index contributed by atoms with van der Waals surface area (Å²) < 4.78 is 0. The lowest BCUT2D eigenvalue weighted by Crippen LogP contribution is -2.28. The average Bonchev–Trinajstić information content (AvgIpc) is 2.41. The number of benzene rings is 1. The number of hydrogen-bond acceptors (Lipinski definition) is 3. The molecule has 1 aliphatic carbocycles. The predicted octanol–water partition coefficient (Wildman–Crippen LogP) is 2.75. The minimum absolute atomic E-state index is 0.468. The van der Waals surface area contributed by atoms with Crippen molar-refractivity contribution in [3.8, 4) is 0 Å². The largest absolute Gasteiger partial charge is 0.365 e. The number of fused-ring (bicyclic) bond motifs is 1. The molecule has 1 aromatic heterocycles. The van der Waals surface area contributed by atoms with Gasteiger partial charge >= 0.3 is 0 Å². The second-order valence-electron chi connectivity index (χ2n) is 4.84. The first-order valence-corrected chi connectivity index (χ1v) is 6.44. The number of hydrogen-bond donors (Lipinski definition) is 1. The number of aromatic nitrogens is 2. The number of nitrogens with one attached hydrogen (secondary N) is 1. The molecule has 1 unspecified atom stereocenters. The molecule has 1 N–H and O–H groups in total. The van der Waals surface area contributed by atoms with Crippen molar-refractivity contribution in [2.24, 2.45) is 0 Å². The first-order valence-electron chi connectivity index (χ1n) is 6.44. The summed E-state index contributed by atoms with van der Waals surface area (Å²) >= 11 is 0. The molecule has 2 aromatic rings. The highest BCUT2D eigenvalue weighted by molar-refractivity contribution is 5.41. The summed E-state index contributed by atoms with van der Waals surface area (Å²) in [5.74, 6) is 0.918. The van der Waals surface area contributed by atoms with E-state index in [0.29, 0.717) is 6.04 Å². The average molecular weight is 239 g/mol. The maximum absolute atomic E-state index is 4.35. The number of rotatable bonds is 2. The van der Waals surface area contributed by atoms with Gasteiger partial charge < -0.3 is 5.32 Å². The fraction of sp³-hybridized carbons (Fsp3) is 0.333. The van der Waals surface area contributed by atoms with E-state index in [-0.39, 0.29) is 0 Å². The van der Waals surface area contributed by atoms with E-state index >= 15 is 0 Å². The first kappa shape index (κ1) is 11.2. The molecule has 0 bridgehead atoms. The Kier molecular flexibility index (Phi) is 2.97. The van der Waals surface area contributed by atoms with Crippen LogP contribution in [0.5, 0.6) is 0 Å². The molecule has 0 saturated carbocycles. The summed E-state index contributed by atoms with van der Waals surface area (Å²) in [5.41, 5.74) is 3.92. The Morgan fingerprint density at radius 2 is 1.89 bits per heavy atom. The Balaban J connectivity index is 1.75. The highest BCUT2D eigenvalue weighted by Crippen LogP contribution is 2.23. The van der Waals surface area contributed by atoms with E-state index in [2.05, 4.69) is 39.6 Å². The fourth-order valence-corrected chi connectivity index (χ4v) is 2.56. The van der Waals surface area contributed by atoms with Crippen LogP contribution < -0.4 is 5.32 Å². The highest BCUT2D eigenvalue weighted by atomic mass is 15.0. The van der Waals surface area contributed by atoms with Crippen LogP contribution in [0.2, 0.25) is 0 Å². The molecule has 0 spiro atoms. The minimum Gasteiger partial charge on any atom is -0.365 e. The van der Waals surface area contributed by atoms with E-state index in [1.54, 1.807) is 12.4 Å². The molecule has 3 heteroatoms. The Hall–Kier alpha value is -1.90. The van der Waals surface area contributed by atoms with Gasteiger partial charge in [0.15, 0.2) is 0 Å². The van der Waals surface area contributed by atoms with Gasteiger partial charge in [0, 0.05) is 18.4 Å². The molecular formula is C15H17N3. The molecule has 3 rings (SSSR count). The van der Waals surface area contributed by atoms with Crippen molar-refractivity contribution in [1.29, 1.82) is 0 Å². The van der Waals surface area contributed by atoms with E-state index < -0.39 is 0 Å². The maximum Gasteiger partial charge on any atom is 0.147 e. The topological polar surface area (TPSA) is 37.8 Å². The van der Waals surface area contributed by atoms with Crippen LogP contribution in [0.3, 0.4) is 0 Å². The molecular weight excluding hydrogens is 222 g/mol. The smallest absolute Gasteiger partial charge is 0.147 e. The van der Waals surface area contributed by atoms with Gasteiger partial charge in [0.05, 0.1) is 5.69 Å². The van der Waals surface area contributed by atoms with Crippen LogP contribution in [-0.2, 0) is 12.8 Å². The van der Waals surface area contributed by atoms with E-state index in [0.717, 1.165) is 30.8 Å². The molecule has 0 aliphatic heterocycles. The van der Waals surface area contributed by atoms with Crippen molar-refractivity contribution in [1.82, 2.24) is 9.97 Å². The van der Waals surface area contributed by atoms with Gasteiger partial charge in [-0.25, -0.2) is 4.98 Å². The van der Waals surface area contributed by atoms with Crippen molar-refractivity contribution >= 4 is 5.82 Å². The number of anilines is 1. The van der Waals surface area contributed by atoms with Crippen molar-refractivity contribution < 1.29 is 0 Å². The van der Waals surface area contributed by atoms with E-state index in [9.17, 15) is 0 Å². The molecule has 1 aliphatic rings. The molecule has 0 amide bonds. The summed E-state index contributed by atoms with van der Waals surface area (Å²) in [5, 5.41) is 3.52. The van der Waals surface area contributed by atoms with Crippen LogP contribution in [0.4, 0.5) is 5.82 Å². The minimum atomic E-state index is 0.468. The molecule has 18 heavy (non-hydrogen) atoms. The van der Waals surface area contributed by atoms with Crippen LogP contribution in [0.25, 0.3) is 0 Å². The molecule has 92 valence electrons. The molecule has 0 fully saturated rings. The van der Waals surface area contributed by atoms with Crippen molar-refractivity contribution in [2.45, 2.75) is 32.2 Å². The van der Waals surface area contributed by atoms with Crippen LogP contribution in [0, 0.1) is 6.92 Å². The zero-order valence-electron chi connectivity index (χ0n) is 10.6. The van der Waals surface area contributed by atoms with Gasteiger partial charge in [0.2, 0.25) is 0 Å². The lowest BCUT2D eigenvalue weighted by Gasteiger charge is -2.26. The Bertz CT molecular complexity index is 551. The lowest BCUT2D eigenvalue weighted by molar-refractivity contribution is 0.608. The van der Waals surface area contributed by atoms with Gasteiger partial charge in [0.25, 0.3) is 0 Å². The summed E-state index contributed by atoms with van der Waals surface area (Å²) in [6.07, 6.45) is 6.86. The van der Waals surface area contributed by atoms with Gasteiger partial charge in [-0.2, -0.15) is 0 Å². The summed E-state index contributed by atoms with van der Waals surface area (Å²) in [4.78, 5) is 8.62. The molecule has 0 radical (unpaired) electrons. The maximum atomic E-state index is 4.35. The third kappa shape index (κ3) is 2.21. The predicted molar refractivity (Wildman–Crippen MR) is 72.6 cm³/mol. The highest BCUT2D eigenvalue weighted by Gasteiger charge is 2.18. The Morgan fingerprint density at radius 1 is 1.11 bits per heavy atom. The van der Waals surface area contributed by atoms with Crippen molar-refractivity contribution in [3.63, 3.8) is 0 Å². The van der Waals surface area contributed by atoms with Gasteiger partial charge in [-0.1, -0.05) is 24.3 Å². The van der Waals surface area contributed by atoms with Gasteiger partial charge in [-0.05, 0) is 37.3 Å². The number of aryl methyl sites for hydroxylation is 2. The van der Waals surface area contributed by atoms with Crippen LogP contribution in [0.1, 0.15) is 23.2 Å². The van der Waals surface area contributed by atoms with E-state index in [1.807, 2.05) is 6.92 Å². The Morgan fingerprint density at radius 3 is 2.72 bits per heavy atom. The standard InChI is InChI=1S/C15H17N3/c1-11-15(17-9-8-16-11)18-14-7-6-12-4-2-3-5-13(12)10-14/h2-5,8-9,14H,6-7,10H2,1H3,(H,17,18). The fourth-order valence-electron chi connectivity index (χ4n) is 2.56. The van der Waals surface area contributed by atoms with Gasteiger partial charge in [-0.15, -0.1) is 0 Å². The summed E-state index contributed by atoms with van der Waals surface area (Å²) in [7, 11) is 0. The van der Waals surface area contributed by atoms with Crippen LogP contribution in [-0.4, -0.2) is 16.0 Å². The normalized spacial score (nSPS) is 18.2. The second-order valence-corrected chi connectivity index (χ2v) is 4.84. The first-order chi connectivity index (χ1) is 8.83. The van der Waals surface area contributed by atoms with E-state index in [1.165, 1.54) is 11.1 Å². The SMILES string of the molecule is Cc1nccnc1NC1CCc2ccccc2C1. The molecule has 1 heterocycles. The van der Waals surface area contributed by atoms with Crippen LogP contribution in [0.15, 0.2) is 36.7 Å². The third-order valence-electron chi connectivity index (χ3n) is 3.57. The quantitative estimate of drug-likeness (QED) is 0.875. The molecule has 1 atom stereocenters. The Labute approximate surface area is 107 Å². The third-order valence-corrected chi connectivity index (χ3v) is 3.57. The molecule has 1 aromatic carbocycles. The summed E-state index contributed by atoms with van der Waals surface area (Å²) in [6, 6.07) is 9.18. The molecule has 0 saturated heterocycles. The van der Waals surface area contributed by atoms with E-state index in [4.69, 9.17) is 0 Å². The number of nitrogens with zero attached hydrogens (tertiary/aromatic N) is 2. The summed E-state index contributed by atoms with van der Waals surface area (Å²) in [6.45, 7) is 1.99. The molecule has 3 nitrogen and oxygen atoms in total. The van der Waals surface area contributed by atoms with Crippen molar-refractivity contribution in [2.75, 3.05) is 5.32 Å². The lowest BCUT2D eigenvalue weighted by atomic mass is 9.88. The van der Waals surface area contributed by atoms with Gasteiger partial charge in [0.1, 0.15) is 5.82 Å². The van der Waals surface area contributed by atoms with Crippen LogP contribution >= 0.6 is 0 Å². The second kappa shape index (κ2) is 4.77. The van der Waals surface area contributed by atoms with Crippen molar-refractivity contribution in [3.05, 3.63) is 53.5 Å². The monoisotopic (exact) mass is 239 g/mol. The zero-order valence-corrected chi connectivity index (χ0v) is 10.6.